The van der Waals surface area contributed by atoms with Crippen molar-refractivity contribution >= 4 is 45.6 Å². The van der Waals surface area contributed by atoms with E-state index in [1.165, 1.54) is 30.6 Å². The van der Waals surface area contributed by atoms with Crippen molar-refractivity contribution in [3.05, 3.63) is 45.3 Å². The summed E-state index contributed by atoms with van der Waals surface area (Å²) in [6.07, 6.45) is 4.77. The van der Waals surface area contributed by atoms with Gasteiger partial charge in [-0.15, -0.1) is 11.3 Å². The van der Waals surface area contributed by atoms with E-state index in [0.717, 1.165) is 40.4 Å². The molecule has 160 valence electrons. The predicted octanol–water partition coefficient (Wildman–Crippen LogP) is 4.84. The first-order chi connectivity index (χ1) is 14.3. The highest BCUT2D eigenvalue weighted by molar-refractivity contribution is 7.17. The van der Waals surface area contributed by atoms with Gasteiger partial charge in [-0.25, -0.2) is 4.79 Å². The van der Waals surface area contributed by atoms with Gasteiger partial charge in [-0.3, -0.25) is 10.1 Å². The van der Waals surface area contributed by atoms with E-state index in [9.17, 15) is 9.59 Å². The predicted molar refractivity (Wildman–Crippen MR) is 122 cm³/mol. The number of rotatable bonds is 5. The van der Waals surface area contributed by atoms with E-state index in [2.05, 4.69) is 24.6 Å². The van der Waals surface area contributed by atoms with E-state index in [1.54, 1.807) is 24.3 Å². The van der Waals surface area contributed by atoms with Gasteiger partial charge >= 0.3 is 6.03 Å². The summed E-state index contributed by atoms with van der Waals surface area (Å²) >= 11 is 7.37. The number of hydrogen-bond donors (Lipinski definition) is 3. The summed E-state index contributed by atoms with van der Waals surface area (Å²) in [5, 5.41) is 6.74. The molecule has 1 fully saturated rings. The van der Waals surface area contributed by atoms with Crippen molar-refractivity contribution in [1.82, 2.24) is 0 Å². The monoisotopic (exact) mass is 447 g/mol. The van der Waals surface area contributed by atoms with Crippen molar-refractivity contribution in [3.8, 4) is 0 Å². The fourth-order valence-corrected chi connectivity index (χ4v) is 6.13. The summed E-state index contributed by atoms with van der Waals surface area (Å²) in [5.74, 6) is 0.298. The molecule has 6 nitrogen and oxygen atoms in total. The molecule has 2 unspecified atom stereocenters. The molecule has 1 aliphatic carbocycles. The Morgan fingerprint density at radius 1 is 1.23 bits per heavy atom. The Balaban J connectivity index is 1.54. The maximum atomic E-state index is 12.5. The van der Waals surface area contributed by atoms with Crippen molar-refractivity contribution in [2.45, 2.75) is 45.2 Å². The SMILES string of the molecule is CC(C1CCC1)[N+]1(C)CCc2c(sc(NC(=O)Nc3ccc(Cl)cc3)c2C(N)=O)C1. The topological polar surface area (TPSA) is 84.2 Å². The lowest BCUT2D eigenvalue weighted by atomic mass is 9.78. The van der Waals surface area contributed by atoms with Crippen LogP contribution in [-0.4, -0.2) is 36.1 Å². The Hall–Kier alpha value is -2.09. The molecule has 4 N–H and O–H groups in total. The van der Waals surface area contributed by atoms with Gasteiger partial charge in [-0.2, -0.15) is 0 Å². The van der Waals surface area contributed by atoms with Crippen LogP contribution in [0.25, 0.3) is 0 Å². The Morgan fingerprint density at radius 2 is 1.93 bits per heavy atom. The lowest BCUT2D eigenvalue weighted by Crippen LogP contribution is -2.57. The number of nitrogens with zero attached hydrogens (tertiary/aromatic N) is 1. The molecular weight excluding hydrogens is 420 g/mol. The maximum Gasteiger partial charge on any atom is 0.324 e. The lowest BCUT2D eigenvalue weighted by molar-refractivity contribution is -0.950. The molecule has 1 aromatic heterocycles. The fourth-order valence-electron chi connectivity index (χ4n) is 4.60. The number of nitrogens with two attached hydrogens (primary N) is 1. The second-order valence-corrected chi connectivity index (χ2v) is 10.2. The number of carbonyl (C=O) groups excluding carboxylic acids is 2. The first-order valence-electron chi connectivity index (χ1n) is 10.4. The van der Waals surface area contributed by atoms with Crippen molar-refractivity contribution in [1.29, 1.82) is 0 Å². The highest BCUT2D eigenvalue weighted by atomic mass is 35.5. The van der Waals surface area contributed by atoms with Crippen LogP contribution >= 0.6 is 22.9 Å². The molecule has 2 aromatic rings. The van der Waals surface area contributed by atoms with Crippen LogP contribution in [0.1, 0.15) is 47.0 Å². The summed E-state index contributed by atoms with van der Waals surface area (Å²) in [7, 11) is 2.32. The second-order valence-electron chi connectivity index (χ2n) is 8.70. The van der Waals surface area contributed by atoms with Crippen LogP contribution in [-0.2, 0) is 13.0 Å². The van der Waals surface area contributed by atoms with E-state index in [0.29, 0.717) is 27.3 Å². The molecule has 1 saturated carbocycles. The van der Waals surface area contributed by atoms with Gasteiger partial charge in [-0.1, -0.05) is 18.0 Å². The molecule has 2 aliphatic rings. The summed E-state index contributed by atoms with van der Waals surface area (Å²) in [6.45, 7) is 4.21. The van der Waals surface area contributed by atoms with E-state index >= 15 is 0 Å². The fraction of sp³-hybridized carbons (Fsp3) is 0.455. The number of amides is 3. The molecule has 4 rings (SSSR count). The quantitative estimate of drug-likeness (QED) is 0.573. The van der Waals surface area contributed by atoms with Gasteiger partial charge in [0.2, 0.25) is 0 Å². The summed E-state index contributed by atoms with van der Waals surface area (Å²) in [6, 6.07) is 7.05. The van der Waals surface area contributed by atoms with Crippen molar-refractivity contribution in [2.24, 2.45) is 11.7 Å². The maximum absolute atomic E-state index is 12.5. The molecule has 1 aliphatic heterocycles. The molecule has 2 atom stereocenters. The number of primary amides is 1. The molecular formula is C22H28ClN4O2S+. The number of fused-ring (bicyclic) bond motifs is 1. The van der Waals surface area contributed by atoms with Crippen molar-refractivity contribution in [2.75, 3.05) is 24.2 Å². The van der Waals surface area contributed by atoms with Gasteiger partial charge in [0.05, 0.1) is 30.1 Å². The van der Waals surface area contributed by atoms with Crippen molar-refractivity contribution in [3.63, 3.8) is 0 Å². The number of quaternary nitrogens is 1. The van der Waals surface area contributed by atoms with Crippen LogP contribution in [0.2, 0.25) is 5.02 Å². The Kier molecular flexibility index (Phi) is 5.79. The Bertz CT molecular complexity index is 970. The van der Waals surface area contributed by atoms with Crippen LogP contribution in [0.4, 0.5) is 15.5 Å². The van der Waals surface area contributed by atoms with Gasteiger partial charge in [0.1, 0.15) is 11.5 Å². The average molecular weight is 448 g/mol. The zero-order valence-corrected chi connectivity index (χ0v) is 18.9. The third kappa shape index (κ3) is 4.06. The first-order valence-corrected chi connectivity index (χ1v) is 11.6. The highest BCUT2D eigenvalue weighted by Gasteiger charge is 2.42. The third-order valence-corrected chi connectivity index (χ3v) is 8.24. The summed E-state index contributed by atoms with van der Waals surface area (Å²) < 4.78 is 0.979. The molecule has 3 amide bonds. The summed E-state index contributed by atoms with van der Waals surface area (Å²) in [5.41, 5.74) is 7.80. The van der Waals surface area contributed by atoms with Gasteiger partial charge in [-0.05, 0) is 49.6 Å². The number of likely N-dealkylation sites (N-methyl/N-ethyl adjacent to an activating group) is 1. The molecule has 0 radical (unpaired) electrons. The molecule has 0 bridgehead atoms. The molecule has 0 saturated heterocycles. The molecule has 2 heterocycles. The third-order valence-electron chi connectivity index (χ3n) is 6.86. The number of anilines is 2. The lowest BCUT2D eigenvalue weighted by Gasteiger charge is -2.47. The zero-order chi connectivity index (χ0) is 21.5. The van der Waals surface area contributed by atoms with Gasteiger partial charge in [0.15, 0.2) is 0 Å². The van der Waals surface area contributed by atoms with E-state index in [4.69, 9.17) is 17.3 Å². The van der Waals surface area contributed by atoms with Gasteiger partial charge < -0.3 is 15.5 Å². The first kappa shape index (κ1) is 21.2. The Labute approximate surface area is 186 Å². The number of hydrogen-bond acceptors (Lipinski definition) is 3. The number of carbonyl (C=O) groups is 2. The summed E-state index contributed by atoms with van der Waals surface area (Å²) in [4.78, 5) is 25.9. The second kappa shape index (κ2) is 8.21. The molecule has 8 heteroatoms. The van der Waals surface area contributed by atoms with Gasteiger partial charge in [0.25, 0.3) is 5.91 Å². The number of urea groups is 1. The minimum atomic E-state index is -0.488. The number of thiophene rings is 1. The van der Waals surface area contributed by atoms with Crippen LogP contribution in [0.5, 0.6) is 0 Å². The van der Waals surface area contributed by atoms with Crippen LogP contribution in [0.15, 0.2) is 24.3 Å². The van der Waals surface area contributed by atoms with Crippen LogP contribution in [0.3, 0.4) is 0 Å². The normalized spacial score (nSPS) is 22.0. The largest absolute Gasteiger partial charge is 0.365 e. The minimum absolute atomic E-state index is 0.404. The van der Waals surface area contributed by atoms with E-state index < -0.39 is 11.9 Å². The van der Waals surface area contributed by atoms with E-state index in [1.807, 2.05) is 0 Å². The van der Waals surface area contributed by atoms with Crippen LogP contribution in [0, 0.1) is 5.92 Å². The standard InChI is InChI=1S/C22H27ClN4O2S/c1-13(14-4-3-5-14)27(2)11-10-17-18(12-27)30-21(19(17)20(24)28)26-22(29)25-16-8-6-15(23)7-9-16/h6-9,13-14H,3-5,10-12H2,1-2H3,(H3-,24,25,26,28,29)/p+1. The molecule has 1 aromatic carbocycles. The van der Waals surface area contributed by atoms with Crippen LogP contribution < -0.4 is 16.4 Å². The van der Waals surface area contributed by atoms with E-state index in [-0.39, 0.29) is 0 Å². The highest BCUT2D eigenvalue weighted by Crippen LogP contribution is 2.42. The van der Waals surface area contributed by atoms with Crippen molar-refractivity contribution < 1.29 is 14.1 Å². The van der Waals surface area contributed by atoms with Gasteiger partial charge in [0, 0.05) is 23.0 Å². The smallest absolute Gasteiger partial charge is 0.324 e. The zero-order valence-electron chi connectivity index (χ0n) is 17.3. The average Bonchev–Trinajstić information content (AvgIpc) is 2.98. The number of benzene rings is 1. The minimum Gasteiger partial charge on any atom is -0.365 e. The molecule has 30 heavy (non-hydrogen) atoms. The molecule has 0 spiro atoms. The number of nitrogens with one attached hydrogen (secondary N) is 2. The number of halogens is 1. The Morgan fingerprint density at radius 3 is 2.53 bits per heavy atom.